The van der Waals surface area contributed by atoms with Gasteiger partial charge in [0.1, 0.15) is 11.6 Å². The van der Waals surface area contributed by atoms with Crippen molar-refractivity contribution in [2.24, 2.45) is 0 Å². The maximum absolute atomic E-state index is 13.1. The molecule has 2 aromatic carbocycles. The van der Waals surface area contributed by atoms with Crippen LogP contribution >= 0.6 is 23.2 Å². The number of hydrogen-bond acceptors (Lipinski definition) is 2. The van der Waals surface area contributed by atoms with Gasteiger partial charge in [-0.15, -0.1) is 0 Å². The topological polar surface area (TPSA) is 21.3 Å². The molecule has 0 aliphatic carbocycles. The van der Waals surface area contributed by atoms with E-state index in [0.29, 0.717) is 17.3 Å². The third-order valence-electron chi connectivity index (χ3n) is 2.95. The van der Waals surface area contributed by atoms with Crippen LogP contribution in [0, 0.1) is 12.7 Å². The second-order valence-electron chi connectivity index (χ2n) is 4.40. The summed E-state index contributed by atoms with van der Waals surface area (Å²) >= 11 is 11.8. The number of anilines is 1. The van der Waals surface area contributed by atoms with E-state index >= 15 is 0 Å². The molecule has 0 aliphatic rings. The van der Waals surface area contributed by atoms with Crippen LogP contribution in [0.3, 0.4) is 0 Å². The average Bonchev–Trinajstić information content (AvgIpc) is 2.43. The van der Waals surface area contributed by atoms with E-state index in [2.05, 4.69) is 5.32 Å². The van der Waals surface area contributed by atoms with Crippen molar-refractivity contribution in [2.75, 3.05) is 12.4 Å². The van der Waals surface area contributed by atoms with Crippen LogP contribution in [0.4, 0.5) is 10.1 Å². The van der Waals surface area contributed by atoms with Gasteiger partial charge in [-0.1, -0.05) is 29.3 Å². The lowest BCUT2D eigenvalue weighted by Crippen LogP contribution is -2.02. The normalized spacial score (nSPS) is 10.4. The molecule has 0 atom stereocenters. The molecule has 0 saturated carbocycles. The van der Waals surface area contributed by atoms with E-state index in [9.17, 15) is 4.39 Å². The summed E-state index contributed by atoms with van der Waals surface area (Å²) in [5.41, 5.74) is 2.66. The second kappa shape index (κ2) is 6.33. The first-order valence-corrected chi connectivity index (χ1v) is 6.79. The van der Waals surface area contributed by atoms with Gasteiger partial charge in [-0.25, -0.2) is 4.39 Å². The average molecular weight is 314 g/mol. The molecule has 0 heterocycles. The first-order chi connectivity index (χ1) is 9.51. The van der Waals surface area contributed by atoms with E-state index in [4.69, 9.17) is 27.9 Å². The number of hydrogen-bond donors (Lipinski definition) is 1. The molecule has 0 aliphatic heterocycles. The Morgan fingerprint density at radius 3 is 2.55 bits per heavy atom. The van der Waals surface area contributed by atoms with E-state index in [-0.39, 0.29) is 5.02 Å². The highest BCUT2D eigenvalue weighted by atomic mass is 35.5. The third kappa shape index (κ3) is 3.35. The van der Waals surface area contributed by atoms with Crippen LogP contribution in [-0.2, 0) is 6.54 Å². The fourth-order valence-corrected chi connectivity index (χ4v) is 2.17. The molecule has 0 aromatic heterocycles. The van der Waals surface area contributed by atoms with Crippen molar-refractivity contribution < 1.29 is 9.13 Å². The molecule has 106 valence electrons. The van der Waals surface area contributed by atoms with E-state index in [0.717, 1.165) is 16.8 Å². The molecule has 0 bridgehead atoms. The van der Waals surface area contributed by atoms with Crippen LogP contribution in [0.2, 0.25) is 10.0 Å². The molecule has 2 rings (SSSR count). The van der Waals surface area contributed by atoms with Gasteiger partial charge in [0.05, 0.1) is 17.8 Å². The van der Waals surface area contributed by atoms with Gasteiger partial charge >= 0.3 is 0 Å². The van der Waals surface area contributed by atoms with Crippen molar-refractivity contribution in [2.45, 2.75) is 13.5 Å². The summed E-state index contributed by atoms with van der Waals surface area (Å²) in [6.45, 7) is 2.43. The monoisotopic (exact) mass is 313 g/mol. The minimum atomic E-state index is -0.421. The standard InChI is InChI=1S/C15H14Cl2FNO/c1-9-5-14(15(20-2)7-11(9)16)19-8-10-3-4-13(18)12(17)6-10/h3-7,19H,8H2,1-2H3. The van der Waals surface area contributed by atoms with E-state index < -0.39 is 5.82 Å². The zero-order valence-corrected chi connectivity index (χ0v) is 12.6. The quantitative estimate of drug-likeness (QED) is 0.851. The van der Waals surface area contributed by atoms with Crippen molar-refractivity contribution in [3.8, 4) is 5.75 Å². The zero-order chi connectivity index (χ0) is 14.7. The number of methoxy groups -OCH3 is 1. The van der Waals surface area contributed by atoms with Crippen LogP contribution in [0.1, 0.15) is 11.1 Å². The number of halogens is 3. The minimum Gasteiger partial charge on any atom is -0.495 e. The Morgan fingerprint density at radius 2 is 1.90 bits per heavy atom. The van der Waals surface area contributed by atoms with Crippen LogP contribution in [0.5, 0.6) is 5.75 Å². The van der Waals surface area contributed by atoms with E-state index in [1.165, 1.54) is 6.07 Å². The third-order valence-corrected chi connectivity index (χ3v) is 3.64. The predicted molar refractivity (Wildman–Crippen MR) is 81.5 cm³/mol. The Balaban J connectivity index is 2.18. The summed E-state index contributed by atoms with van der Waals surface area (Å²) < 4.78 is 18.4. The molecule has 0 fully saturated rings. The molecule has 0 saturated heterocycles. The van der Waals surface area contributed by atoms with Crippen molar-refractivity contribution >= 4 is 28.9 Å². The van der Waals surface area contributed by atoms with Crippen LogP contribution < -0.4 is 10.1 Å². The highest BCUT2D eigenvalue weighted by molar-refractivity contribution is 6.31. The van der Waals surface area contributed by atoms with Crippen LogP contribution in [0.25, 0.3) is 0 Å². The Bertz CT molecular complexity index is 632. The van der Waals surface area contributed by atoms with Gasteiger partial charge in [0, 0.05) is 17.6 Å². The largest absolute Gasteiger partial charge is 0.495 e. The summed E-state index contributed by atoms with van der Waals surface area (Å²) in [5.74, 6) is 0.240. The van der Waals surface area contributed by atoms with E-state index in [1.54, 1.807) is 25.3 Å². The zero-order valence-electron chi connectivity index (χ0n) is 11.1. The van der Waals surface area contributed by atoms with Gasteiger partial charge in [-0.2, -0.15) is 0 Å². The Kier molecular flexibility index (Phi) is 4.73. The first kappa shape index (κ1) is 14.9. The van der Waals surface area contributed by atoms with Crippen LogP contribution in [0.15, 0.2) is 30.3 Å². The summed E-state index contributed by atoms with van der Waals surface area (Å²) in [6.07, 6.45) is 0. The number of rotatable bonds is 4. The second-order valence-corrected chi connectivity index (χ2v) is 5.22. The maximum Gasteiger partial charge on any atom is 0.143 e. The van der Waals surface area contributed by atoms with Gasteiger partial charge in [0.25, 0.3) is 0 Å². The fraction of sp³-hybridized carbons (Fsp3) is 0.200. The summed E-state index contributed by atoms with van der Waals surface area (Å²) in [7, 11) is 1.58. The smallest absolute Gasteiger partial charge is 0.143 e. The van der Waals surface area contributed by atoms with Crippen molar-refractivity contribution in [1.29, 1.82) is 0 Å². The molecular weight excluding hydrogens is 300 g/mol. The Labute approximate surface area is 127 Å². The Morgan fingerprint density at radius 1 is 1.15 bits per heavy atom. The van der Waals surface area contributed by atoms with Crippen molar-refractivity contribution in [3.05, 3.63) is 57.3 Å². The molecule has 0 amide bonds. The number of ether oxygens (including phenoxy) is 1. The summed E-state index contributed by atoms with van der Waals surface area (Å²) in [6, 6.07) is 8.30. The highest BCUT2D eigenvalue weighted by Gasteiger charge is 2.07. The fourth-order valence-electron chi connectivity index (χ4n) is 1.82. The number of aryl methyl sites for hydroxylation is 1. The molecule has 5 heteroatoms. The summed E-state index contributed by atoms with van der Waals surface area (Å²) in [5, 5.41) is 4.00. The van der Waals surface area contributed by atoms with Gasteiger partial charge in [-0.3, -0.25) is 0 Å². The molecular formula is C15H14Cl2FNO. The van der Waals surface area contributed by atoms with Gasteiger partial charge in [-0.05, 0) is 36.2 Å². The first-order valence-electron chi connectivity index (χ1n) is 6.03. The molecule has 0 radical (unpaired) electrons. The lowest BCUT2D eigenvalue weighted by atomic mass is 10.2. The predicted octanol–water partition coefficient (Wildman–Crippen LogP) is 5.06. The maximum atomic E-state index is 13.1. The van der Waals surface area contributed by atoms with Gasteiger partial charge in [0.2, 0.25) is 0 Å². The molecule has 2 nitrogen and oxygen atoms in total. The van der Waals surface area contributed by atoms with E-state index in [1.807, 2.05) is 13.0 Å². The van der Waals surface area contributed by atoms with Crippen LogP contribution in [-0.4, -0.2) is 7.11 Å². The minimum absolute atomic E-state index is 0.114. The number of benzene rings is 2. The number of nitrogens with one attached hydrogen (secondary N) is 1. The van der Waals surface area contributed by atoms with Crippen molar-refractivity contribution in [3.63, 3.8) is 0 Å². The Hall–Kier alpha value is -1.45. The lowest BCUT2D eigenvalue weighted by molar-refractivity contribution is 0.416. The molecule has 0 unspecified atom stereocenters. The SMILES string of the molecule is COc1cc(Cl)c(C)cc1NCc1ccc(F)c(Cl)c1. The van der Waals surface area contributed by atoms with Crippen molar-refractivity contribution in [1.82, 2.24) is 0 Å². The van der Waals surface area contributed by atoms with Gasteiger partial charge < -0.3 is 10.1 Å². The highest BCUT2D eigenvalue weighted by Crippen LogP contribution is 2.31. The molecule has 0 spiro atoms. The molecule has 2 aromatic rings. The van der Waals surface area contributed by atoms with Gasteiger partial charge in [0.15, 0.2) is 0 Å². The molecule has 1 N–H and O–H groups in total. The lowest BCUT2D eigenvalue weighted by Gasteiger charge is -2.13. The molecule has 20 heavy (non-hydrogen) atoms. The summed E-state index contributed by atoms with van der Waals surface area (Å²) in [4.78, 5) is 0.